The number of amides is 2. The molecule has 1 saturated carbocycles. The van der Waals surface area contributed by atoms with Gasteiger partial charge in [0.2, 0.25) is 0 Å². The van der Waals surface area contributed by atoms with Gasteiger partial charge in [0.05, 0.1) is 18.2 Å². The van der Waals surface area contributed by atoms with E-state index in [9.17, 15) is 22.4 Å². The largest absolute Gasteiger partial charge is 0.391 e. The van der Waals surface area contributed by atoms with E-state index >= 15 is 0 Å². The summed E-state index contributed by atoms with van der Waals surface area (Å²) in [7, 11) is 3.34. The molecule has 2 aliphatic heterocycles. The molecular formula is C20H36F4N6O. The van der Waals surface area contributed by atoms with Crippen molar-refractivity contribution in [1.29, 1.82) is 0 Å². The number of rotatable bonds is 5. The maximum absolute atomic E-state index is 14.8. The predicted molar refractivity (Wildman–Crippen MR) is 110 cm³/mol. The van der Waals surface area contributed by atoms with E-state index in [0.29, 0.717) is 25.6 Å². The summed E-state index contributed by atoms with van der Waals surface area (Å²) in [6.07, 6.45) is -5.69. The van der Waals surface area contributed by atoms with Crippen LogP contribution in [-0.4, -0.2) is 87.3 Å². The molecule has 0 aromatic rings. The van der Waals surface area contributed by atoms with Gasteiger partial charge in [0.25, 0.3) is 0 Å². The zero-order valence-corrected chi connectivity index (χ0v) is 18.3. The number of carbonyl (C=O) groups is 1. The van der Waals surface area contributed by atoms with E-state index in [1.165, 1.54) is 4.90 Å². The molecule has 3 rings (SSSR count). The summed E-state index contributed by atoms with van der Waals surface area (Å²) in [4.78, 5) is 15.7. The van der Waals surface area contributed by atoms with Crippen molar-refractivity contribution in [1.82, 2.24) is 25.8 Å². The van der Waals surface area contributed by atoms with Crippen LogP contribution in [0.2, 0.25) is 0 Å². The van der Waals surface area contributed by atoms with Crippen LogP contribution in [0, 0.1) is 23.7 Å². The van der Waals surface area contributed by atoms with E-state index in [2.05, 4.69) is 20.9 Å². The summed E-state index contributed by atoms with van der Waals surface area (Å²) >= 11 is 0. The van der Waals surface area contributed by atoms with Gasteiger partial charge in [-0.1, -0.05) is 0 Å². The van der Waals surface area contributed by atoms with Crippen LogP contribution >= 0.6 is 0 Å². The third kappa shape index (κ3) is 6.00. The standard InChI is InChI=1S/C20H36F4N6O/c1-29(2)19(31)27-10-13-9-26-17(28-18(13)30-6-5-12(8-25)11-30)15-4-3-14(7-16(15)21)20(22,23)24/h12-18,26,28H,3-11,25H2,1-2H3,(H,27,31). The van der Waals surface area contributed by atoms with E-state index in [1.54, 1.807) is 14.1 Å². The molecule has 0 aromatic carbocycles. The third-order valence-corrected chi connectivity index (χ3v) is 7.08. The Morgan fingerprint density at radius 1 is 1.26 bits per heavy atom. The summed E-state index contributed by atoms with van der Waals surface area (Å²) < 4.78 is 53.9. The first-order valence-corrected chi connectivity index (χ1v) is 11.2. The highest BCUT2D eigenvalue weighted by atomic mass is 19.4. The van der Waals surface area contributed by atoms with Gasteiger partial charge >= 0.3 is 12.2 Å². The lowest BCUT2D eigenvalue weighted by molar-refractivity contribution is -0.191. The average Bonchev–Trinajstić information content (AvgIpc) is 3.20. The molecule has 180 valence electrons. The van der Waals surface area contributed by atoms with Gasteiger partial charge in [0.15, 0.2) is 0 Å². The highest BCUT2D eigenvalue weighted by molar-refractivity contribution is 5.73. The number of hydrogen-bond donors (Lipinski definition) is 4. The van der Waals surface area contributed by atoms with E-state index in [0.717, 1.165) is 19.5 Å². The first kappa shape index (κ1) is 24.5. The Morgan fingerprint density at radius 2 is 2.00 bits per heavy atom. The number of hydrogen-bond acceptors (Lipinski definition) is 5. The molecule has 0 spiro atoms. The molecule has 3 fully saturated rings. The first-order chi connectivity index (χ1) is 14.6. The molecule has 2 amide bonds. The van der Waals surface area contributed by atoms with Crippen LogP contribution in [0.4, 0.5) is 22.4 Å². The first-order valence-electron chi connectivity index (χ1n) is 11.2. The Kier molecular flexibility index (Phi) is 8.04. The topological polar surface area (TPSA) is 85.7 Å². The van der Waals surface area contributed by atoms with Gasteiger partial charge in [0.1, 0.15) is 6.17 Å². The summed E-state index contributed by atoms with van der Waals surface area (Å²) in [5, 5.41) is 9.70. The van der Waals surface area contributed by atoms with E-state index in [1.807, 2.05) is 0 Å². The number of nitrogens with zero attached hydrogens (tertiary/aromatic N) is 2. The van der Waals surface area contributed by atoms with Gasteiger partial charge in [-0.05, 0) is 38.1 Å². The van der Waals surface area contributed by atoms with Gasteiger partial charge in [-0.25, -0.2) is 9.18 Å². The van der Waals surface area contributed by atoms with Crippen LogP contribution in [-0.2, 0) is 0 Å². The minimum Gasteiger partial charge on any atom is -0.338 e. The predicted octanol–water partition coefficient (Wildman–Crippen LogP) is 1.32. The molecular weight excluding hydrogens is 416 g/mol. The zero-order chi connectivity index (χ0) is 22.8. The lowest BCUT2D eigenvalue weighted by atomic mass is 9.78. The smallest absolute Gasteiger partial charge is 0.338 e. The molecule has 31 heavy (non-hydrogen) atoms. The quantitative estimate of drug-likeness (QED) is 0.473. The SMILES string of the molecule is CN(C)C(=O)NCC1CNC(C2CCC(C(F)(F)F)CC2F)NC1N1CCC(CN)C1. The van der Waals surface area contributed by atoms with Crippen LogP contribution in [0.5, 0.6) is 0 Å². The van der Waals surface area contributed by atoms with Gasteiger partial charge in [-0.2, -0.15) is 13.2 Å². The molecule has 0 aromatic heterocycles. The molecule has 7 atom stereocenters. The van der Waals surface area contributed by atoms with Crippen molar-refractivity contribution >= 4 is 6.03 Å². The third-order valence-electron chi connectivity index (χ3n) is 7.08. The van der Waals surface area contributed by atoms with E-state index < -0.39 is 36.8 Å². The monoisotopic (exact) mass is 452 g/mol. The molecule has 0 radical (unpaired) electrons. The normalized spacial score (nSPS) is 37.6. The fraction of sp³-hybridized carbons (Fsp3) is 0.950. The van der Waals surface area contributed by atoms with Gasteiger partial charge in [0, 0.05) is 52.1 Å². The van der Waals surface area contributed by atoms with Crippen molar-refractivity contribution < 1.29 is 22.4 Å². The number of nitrogens with one attached hydrogen (secondary N) is 3. The van der Waals surface area contributed by atoms with Crippen molar-refractivity contribution in [3.8, 4) is 0 Å². The van der Waals surface area contributed by atoms with Crippen molar-refractivity contribution in [2.45, 2.75) is 50.4 Å². The second-order valence-corrected chi connectivity index (χ2v) is 9.45. The molecule has 7 unspecified atom stereocenters. The minimum absolute atomic E-state index is 0.0413. The molecule has 3 aliphatic rings. The summed E-state index contributed by atoms with van der Waals surface area (Å²) in [5.41, 5.74) is 5.84. The second-order valence-electron chi connectivity index (χ2n) is 9.45. The number of urea groups is 1. The van der Waals surface area contributed by atoms with Gasteiger partial charge in [-0.15, -0.1) is 0 Å². The van der Waals surface area contributed by atoms with Gasteiger partial charge < -0.3 is 21.3 Å². The molecule has 2 heterocycles. The number of alkyl halides is 4. The summed E-state index contributed by atoms with van der Waals surface area (Å²) in [6.45, 7) is 3.26. The summed E-state index contributed by atoms with van der Waals surface area (Å²) in [6, 6.07) is -0.184. The van der Waals surface area contributed by atoms with Crippen molar-refractivity contribution in [2.24, 2.45) is 29.4 Å². The highest BCUT2D eigenvalue weighted by Gasteiger charge is 2.48. The zero-order valence-electron chi connectivity index (χ0n) is 18.3. The highest BCUT2D eigenvalue weighted by Crippen LogP contribution is 2.42. The molecule has 5 N–H and O–H groups in total. The van der Waals surface area contributed by atoms with E-state index in [4.69, 9.17) is 5.73 Å². The van der Waals surface area contributed by atoms with Crippen molar-refractivity contribution in [3.63, 3.8) is 0 Å². The fourth-order valence-electron chi connectivity index (χ4n) is 5.13. The lowest BCUT2D eigenvalue weighted by Gasteiger charge is -2.47. The van der Waals surface area contributed by atoms with Crippen LogP contribution in [0.25, 0.3) is 0 Å². The van der Waals surface area contributed by atoms with Crippen LogP contribution < -0.4 is 21.7 Å². The van der Waals surface area contributed by atoms with Gasteiger partial charge in [-0.3, -0.25) is 10.2 Å². The van der Waals surface area contributed by atoms with Crippen LogP contribution in [0.3, 0.4) is 0 Å². The number of halogens is 4. The minimum atomic E-state index is -4.34. The molecule has 11 heteroatoms. The Morgan fingerprint density at radius 3 is 2.58 bits per heavy atom. The van der Waals surface area contributed by atoms with Crippen molar-refractivity contribution in [3.05, 3.63) is 0 Å². The van der Waals surface area contributed by atoms with Crippen LogP contribution in [0.15, 0.2) is 0 Å². The van der Waals surface area contributed by atoms with Crippen molar-refractivity contribution in [2.75, 3.05) is 46.8 Å². The second kappa shape index (κ2) is 10.2. The Balaban J connectivity index is 1.65. The molecule has 7 nitrogen and oxygen atoms in total. The Hall–Kier alpha value is -1.17. The number of carbonyl (C=O) groups excluding carboxylic acids is 1. The lowest BCUT2D eigenvalue weighted by Crippen LogP contribution is -2.68. The molecule has 1 aliphatic carbocycles. The average molecular weight is 453 g/mol. The maximum Gasteiger partial charge on any atom is 0.391 e. The number of likely N-dealkylation sites (tertiary alicyclic amines) is 1. The molecule has 0 bridgehead atoms. The van der Waals surface area contributed by atoms with E-state index in [-0.39, 0.29) is 31.0 Å². The Bertz CT molecular complexity index is 607. The fourth-order valence-corrected chi connectivity index (χ4v) is 5.13. The maximum atomic E-state index is 14.8. The summed E-state index contributed by atoms with van der Waals surface area (Å²) in [5.74, 6) is -1.63. The molecule has 2 saturated heterocycles. The number of nitrogens with two attached hydrogens (primary N) is 1. The Labute approximate surface area is 181 Å². The van der Waals surface area contributed by atoms with Crippen LogP contribution in [0.1, 0.15) is 25.7 Å².